The second-order valence-electron chi connectivity index (χ2n) is 5.54. The van der Waals surface area contributed by atoms with Gasteiger partial charge in [-0.05, 0) is 35.7 Å². The molecule has 2 aromatic carbocycles. The number of rotatable bonds is 3. The van der Waals surface area contributed by atoms with E-state index in [4.69, 9.17) is 4.74 Å². The minimum atomic E-state index is 0.0440. The lowest BCUT2D eigenvalue weighted by Gasteiger charge is -2.15. The highest BCUT2D eigenvalue weighted by Gasteiger charge is 2.32. The third-order valence-corrected chi connectivity index (χ3v) is 4.03. The average Bonchev–Trinajstić information content (AvgIpc) is 2.78. The van der Waals surface area contributed by atoms with Crippen LogP contribution in [0.15, 0.2) is 42.5 Å². The quantitative estimate of drug-likeness (QED) is 0.882. The van der Waals surface area contributed by atoms with Gasteiger partial charge < -0.3 is 9.84 Å². The van der Waals surface area contributed by atoms with Gasteiger partial charge in [0.1, 0.15) is 17.6 Å². The molecule has 1 aliphatic heterocycles. The number of ether oxygens (including phenoxy) is 1. The summed E-state index contributed by atoms with van der Waals surface area (Å²) < 4.78 is 6.10. The molecule has 2 heteroatoms. The molecule has 0 radical (unpaired) electrons. The number of phenols is 1. The second kappa shape index (κ2) is 5.20. The molecule has 1 aliphatic rings. The number of hydrogen-bond donors (Lipinski definition) is 1. The number of aryl methyl sites for hydroxylation is 1. The zero-order valence-corrected chi connectivity index (χ0v) is 12.0. The molecule has 0 bridgehead atoms. The second-order valence-corrected chi connectivity index (χ2v) is 5.54. The molecule has 104 valence electrons. The van der Waals surface area contributed by atoms with Crippen LogP contribution in [0, 0.1) is 0 Å². The van der Waals surface area contributed by atoms with Crippen LogP contribution in [0.2, 0.25) is 0 Å². The van der Waals surface area contributed by atoms with Gasteiger partial charge in [0.25, 0.3) is 0 Å². The Balaban J connectivity index is 1.90. The van der Waals surface area contributed by atoms with Crippen molar-refractivity contribution in [3.8, 4) is 11.5 Å². The van der Waals surface area contributed by atoms with Gasteiger partial charge in [-0.25, -0.2) is 0 Å². The molecule has 0 saturated carbocycles. The van der Waals surface area contributed by atoms with Crippen LogP contribution in [0.3, 0.4) is 0 Å². The van der Waals surface area contributed by atoms with Gasteiger partial charge in [0.2, 0.25) is 0 Å². The highest BCUT2D eigenvalue weighted by atomic mass is 16.5. The van der Waals surface area contributed by atoms with Crippen molar-refractivity contribution in [2.75, 3.05) is 0 Å². The minimum absolute atomic E-state index is 0.0440. The van der Waals surface area contributed by atoms with Crippen molar-refractivity contribution >= 4 is 0 Å². The summed E-state index contributed by atoms with van der Waals surface area (Å²) in [4.78, 5) is 0. The molecule has 2 aromatic rings. The van der Waals surface area contributed by atoms with Crippen LogP contribution < -0.4 is 4.74 Å². The topological polar surface area (TPSA) is 29.5 Å². The molecule has 3 rings (SSSR count). The van der Waals surface area contributed by atoms with E-state index in [1.807, 2.05) is 12.1 Å². The van der Waals surface area contributed by atoms with E-state index in [1.165, 1.54) is 11.1 Å². The van der Waals surface area contributed by atoms with E-state index in [0.717, 1.165) is 24.2 Å². The normalized spacial score (nSPS) is 20.5. The van der Waals surface area contributed by atoms with Crippen LogP contribution in [-0.4, -0.2) is 5.11 Å². The van der Waals surface area contributed by atoms with E-state index in [-0.39, 0.29) is 6.10 Å². The smallest absolute Gasteiger partial charge is 0.130 e. The summed E-state index contributed by atoms with van der Waals surface area (Å²) in [6, 6.07) is 13.9. The Morgan fingerprint density at radius 3 is 2.55 bits per heavy atom. The predicted octanol–water partition coefficient (Wildman–Crippen LogP) is 4.58. The van der Waals surface area contributed by atoms with Crippen molar-refractivity contribution in [1.29, 1.82) is 0 Å². The predicted molar refractivity (Wildman–Crippen MR) is 80.3 cm³/mol. The third kappa shape index (κ3) is 2.26. The molecule has 1 heterocycles. The molecule has 1 N–H and O–H groups in total. The highest BCUT2D eigenvalue weighted by molar-refractivity contribution is 5.45. The molecule has 0 spiro atoms. The number of benzene rings is 2. The van der Waals surface area contributed by atoms with Crippen LogP contribution in [0.5, 0.6) is 11.5 Å². The zero-order chi connectivity index (χ0) is 14.1. The maximum Gasteiger partial charge on any atom is 0.130 e. The van der Waals surface area contributed by atoms with Gasteiger partial charge in [-0.3, -0.25) is 0 Å². The Hall–Kier alpha value is -1.96. The first-order valence-electron chi connectivity index (χ1n) is 7.27. The van der Waals surface area contributed by atoms with Crippen LogP contribution in [0.25, 0.3) is 0 Å². The summed E-state index contributed by atoms with van der Waals surface area (Å²) in [5.41, 5.74) is 3.80. The molecule has 0 aromatic heterocycles. The van der Waals surface area contributed by atoms with E-state index >= 15 is 0 Å². The van der Waals surface area contributed by atoms with Gasteiger partial charge in [-0.15, -0.1) is 0 Å². The maximum atomic E-state index is 9.39. The fourth-order valence-electron chi connectivity index (χ4n) is 2.93. The van der Waals surface area contributed by atoms with Gasteiger partial charge in [0.05, 0.1) is 0 Å². The van der Waals surface area contributed by atoms with Gasteiger partial charge in [-0.1, -0.05) is 44.5 Å². The van der Waals surface area contributed by atoms with Gasteiger partial charge in [-0.2, -0.15) is 0 Å². The lowest BCUT2D eigenvalue weighted by molar-refractivity contribution is 0.216. The SMILES string of the molecule is CCCc1ccc2c(c1)[C@@H](C)[C@H](c1ccc(O)cc1)O2. The molecule has 20 heavy (non-hydrogen) atoms. The zero-order valence-electron chi connectivity index (χ0n) is 12.0. The number of phenolic OH excluding ortho intramolecular Hbond substituents is 1. The van der Waals surface area contributed by atoms with Gasteiger partial charge in [0, 0.05) is 11.5 Å². The Labute approximate surface area is 120 Å². The van der Waals surface area contributed by atoms with Crippen molar-refractivity contribution in [2.45, 2.75) is 38.7 Å². The summed E-state index contributed by atoms with van der Waals surface area (Å²) in [6.45, 7) is 4.41. The lowest BCUT2D eigenvalue weighted by Crippen LogP contribution is -2.06. The monoisotopic (exact) mass is 268 g/mol. The average molecular weight is 268 g/mol. The van der Waals surface area contributed by atoms with Crippen molar-refractivity contribution in [1.82, 2.24) is 0 Å². The molecular weight excluding hydrogens is 248 g/mol. The molecule has 2 atom stereocenters. The van der Waals surface area contributed by atoms with E-state index in [2.05, 4.69) is 32.0 Å². The largest absolute Gasteiger partial charge is 0.508 e. The van der Waals surface area contributed by atoms with Crippen LogP contribution in [0.4, 0.5) is 0 Å². The number of fused-ring (bicyclic) bond motifs is 1. The van der Waals surface area contributed by atoms with Gasteiger partial charge >= 0.3 is 0 Å². The van der Waals surface area contributed by atoms with E-state index in [1.54, 1.807) is 12.1 Å². The summed E-state index contributed by atoms with van der Waals surface area (Å²) >= 11 is 0. The minimum Gasteiger partial charge on any atom is -0.508 e. The van der Waals surface area contributed by atoms with Crippen LogP contribution in [0.1, 0.15) is 49.0 Å². The first-order valence-corrected chi connectivity index (χ1v) is 7.27. The highest BCUT2D eigenvalue weighted by Crippen LogP contribution is 2.46. The molecule has 0 unspecified atom stereocenters. The Morgan fingerprint density at radius 2 is 1.85 bits per heavy atom. The Kier molecular flexibility index (Phi) is 3.39. The molecular formula is C18H20O2. The summed E-state index contributed by atoms with van der Waals surface area (Å²) in [5.74, 6) is 1.63. The van der Waals surface area contributed by atoms with Crippen LogP contribution in [-0.2, 0) is 6.42 Å². The summed E-state index contributed by atoms with van der Waals surface area (Å²) in [7, 11) is 0. The van der Waals surface area contributed by atoms with Crippen molar-refractivity contribution in [3.05, 3.63) is 59.2 Å². The van der Waals surface area contributed by atoms with Crippen molar-refractivity contribution in [3.63, 3.8) is 0 Å². The molecule has 0 saturated heterocycles. The molecule has 2 nitrogen and oxygen atoms in total. The van der Waals surface area contributed by atoms with Crippen LogP contribution >= 0.6 is 0 Å². The first kappa shape index (κ1) is 13.0. The van der Waals surface area contributed by atoms with Crippen molar-refractivity contribution in [2.24, 2.45) is 0 Å². The van der Waals surface area contributed by atoms with E-state index in [0.29, 0.717) is 11.7 Å². The molecule has 0 fully saturated rings. The number of aromatic hydroxyl groups is 1. The lowest BCUT2D eigenvalue weighted by atomic mass is 9.91. The van der Waals surface area contributed by atoms with Gasteiger partial charge in [0.15, 0.2) is 0 Å². The molecule has 0 aliphatic carbocycles. The Bertz CT molecular complexity index is 601. The number of hydrogen-bond acceptors (Lipinski definition) is 2. The Morgan fingerprint density at radius 1 is 1.10 bits per heavy atom. The summed E-state index contributed by atoms with van der Waals surface area (Å²) in [6.07, 6.45) is 2.32. The van der Waals surface area contributed by atoms with E-state index in [9.17, 15) is 5.11 Å². The fraction of sp³-hybridized carbons (Fsp3) is 0.333. The summed E-state index contributed by atoms with van der Waals surface area (Å²) in [5, 5.41) is 9.39. The van der Waals surface area contributed by atoms with E-state index < -0.39 is 0 Å². The maximum absolute atomic E-state index is 9.39. The standard InChI is InChI=1S/C18H20O2/c1-3-4-13-5-10-17-16(11-13)12(2)18(20-17)14-6-8-15(19)9-7-14/h5-12,18-19H,3-4H2,1-2H3/t12-,18-/m1/s1. The van der Waals surface area contributed by atoms with Crippen molar-refractivity contribution < 1.29 is 9.84 Å². The molecule has 0 amide bonds. The third-order valence-electron chi connectivity index (χ3n) is 4.03. The first-order chi connectivity index (χ1) is 9.69. The fourth-order valence-corrected chi connectivity index (χ4v) is 2.93.